The van der Waals surface area contributed by atoms with Gasteiger partial charge in [0.25, 0.3) is 0 Å². The second kappa shape index (κ2) is 7.62. The molecule has 1 aromatic heterocycles. The summed E-state index contributed by atoms with van der Waals surface area (Å²) in [6.07, 6.45) is 0.834. The molecule has 0 aliphatic carbocycles. The Labute approximate surface area is 134 Å². The van der Waals surface area contributed by atoms with Crippen LogP contribution in [0.15, 0.2) is 40.6 Å². The molecule has 5 nitrogen and oxygen atoms in total. The number of sulfonamides is 1. The van der Waals surface area contributed by atoms with Crippen molar-refractivity contribution in [2.75, 3.05) is 20.3 Å². The van der Waals surface area contributed by atoms with Gasteiger partial charge < -0.3 is 9.47 Å². The summed E-state index contributed by atoms with van der Waals surface area (Å²) < 4.78 is 37.6. The lowest BCUT2D eigenvalue weighted by Gasteiger charge is -2.08. The average molecular weight is 341 g/mol. The standard InChI is InChI=1S/C15H19NO4S2/c1-3-14-8-9-15(21-14)22(17,18)16-10-11-20-13-6-4-12(19-2)5-7-13/h4-9,16H,3,10-11H2,1-2H3. The highest BCUT2D eigenvalue weighted by Gasteiger charge is 2.15. The Balaban J connectivity index is 1.82. The Kier molecular flexibility index (Phi) is 5.82. The molecule has 2 aromatic rings. The Morgan fingerprint density at radius 1 is 1.09 bits per heavy atom. The van der Waals surface area contributed by atoms with Crippen molar-refractivity contribution in [2.24, 2.45) is 0 Å². The van der Waals surface area contributed by atoms with E-state index in [4.69, 9.17) is 9.47 Å². The Morgan fingerprint density at radius 3 is 2.36 bits per heavy atom. The van der Waals surface area contributed by atoms with Crippen LogP contribution in [0.1, 0.15) is 11.8 Å². The van der Waals surface area contributed by atoms with Crippen LogP contribution in [-0.2, 0) is 16.4 Å². The topological polar surface area (TPSA) is 64.6 Å². The molecule has 1 aromatic carbocycles. The molecule has 0 saturated carbocycles. The first kappa shape index (κ1) is 16.8. The van der Waals surface area contributed by atoms with Gasteiger partial charge in [0.15, 0.2) is 0 Å². The second-order valence-electron chi connectivity index (χ2n) is 4.50. The summed E-state index contributed by atoms with van der Waals surface area (Å²) in [4.78, 5) is 1.05. The highest BCUT2D eigenvalue weighted by atomic mass is 32.2. The first-order chi connectivity index (χ1) is 10.5. The quantitative estimate of drug-likeness (QED) is 0.750. The summed E-state index contributed by atoms with van der Waals surface area (Å²) in [5.41, 5.74) is 0. The minimum absolute atomic E-state index is 0.216. The molecule has 2 rings (SSSR count). The molecule has 7 heteroatoms. The summed E-state index contributed by atoms with van der Waals surface area (Å²) in [5, 5.41) is 0. The van der Waals surface area contributed by atoms with E-state index >= 15 is 0 Å². The van der Waals surface area contributed by atoms with Crippen LogP contribution in [0.3, 0.4) is 0 Å². The van der Waals surface area contributed by atoms with E-state index in [9.17, 15) is 8.42 Å². The summed E-state index contributed by atoms with van der Waals surface area (Å²) >= 11 is 1.29. The van der Waals surface area contributed by atoms with Gasteiger partial charge in [-0.2, -0.15) is 0 Å². The third-order valence-electron chi connectivity index (χ3n) is 2.97. The van der Waals surface area contributed by atoms with Crippen molar-refractivity contribution in [3.05, 3.63) is 41.3 Å². The molecule has 22 heavy (non-hydrogen) atoms. The number of nitrogens with one attached hydrogen (secondary N) is 1. The molecule has 0 spiro atoms. The van der Waals surface area contributed by atoms with Crippen LogP contribution in [0.4, 0.5) is 0 Å². The van der Waals surface area contributed by atoms with Crippen LogP contribution in [0.2, 0.25) is 0 Å². The van der Waals surface area contributed by atoms with Gasteiger partial charge in [0.1, 0.15) is 22.3 Å². The zero-order chi connectivity index (χ0) is 16.0. The highest BCUT2D eigenvalue weighted by Crippen LogP contribution is 2.21. The van der Waals surface area contributed by atoms with Crippen molar-refractivity contribution >= 4 is 21.4 Å². The van der Waals surface area contributed by atoms with Crippen molar-refractivity contribution in [3.63, 3.8) is 0 Å². The lowest BCUT2D eigenvalue weighted by molar-refractivity contribution is 0.322. The van der Waals surface area contributed by atoms with Crippen molar-refractivity contribution < 1.29 is 17.9 Å². The fourth-order valence-corrected chi connectivity index (χ4v) is 4.13. The third kappa shape index (κ3) is 4.46. The number of hydrogen-bond donors (Lipinski definition) is 1. The third-order valence-corrected chi connectivity index (χ3v) is 6.16. The van der Waals surface area contributed by atoms with Crippen LogP contribution >= 0.6 is 11.3 Å². The number of aryl methyl sites for hydroxylation is 1. The first-order valence-electron chi connectivity index (χ1n) is 6.90. The van der Waals surface area contributed by atoms with E-state index in [2.05, 4.69) is 4.72 Å². The molecule has 0 radical (unpaired) electrons. The van der Waals surface area contributed by atoms with Gasteiger partial charge in [-0.05, 0) is 42.8 Å². The van der Waals surface area contributed by atoms with E-state index in [1.54, 1.807) is 37.4 Å². The lowest BCUT2D eigenvalue weighted by Crippen LogP contribution is -2.27. The maximum Gasteiger partial charge on any atom is 0.250 e. The van der Waals surface area contributed by atoms with Gasteiger partial charge >= 0.3 is 0 Å². The predicted molar refractivity (Wildman–Crippen MR) is 87.4 cm³/mol. The van der Waals surface area contributed by atoms with Crippen LogP contribution < -0.4 is 14.2 Å². The Bertz CT molecular complexity index is 693. The number of ether oxygens (including phenoxy) is 2. The number of methoxy groups -OCH3 is 1. The number of rotatable bonds is 8. The zero-order valence-electron chi connectivity index (χ0n) is 12.5. The molecule has 0 saturated heterocycles. The van der Waals surface area contributed by atoms with Crippen LogP contribution in [0, 0.1) is 0 Å². The molecular formula is C15H19NO4S2. The normalized spacial score (nSPS) is 11.4. The average Bonchev–Trinajstić information content (AvgIpc) is 3.02. The number of thiophene rings is 1. The summed E-state index contributed by atoms with van der Waals surface area (Å²) in [6.45, 7) is 2.48. The van der Waals surface area contributed by atoms with Crippen LogP contribution in [0.5, 0.6) is 11.5 Å². The van der Waals surface area contributed by atoms with Gasteiger partial charge in [0.2, 0.25) is 10.0 Å². The molecule has 0 bridgehead atoms. The van der Waals surface area contributed by atoms with E-state index in [1.807, 2.05) is 13.0 Å². The van der Waals surface area contributed by atoms with Gasteiger partial charge in [-0.25, -0.2) is 13.1 Å². The van der Waals surface area contributed by atoms with E-state index in [-0.39, 0.29) is 13.2 Å². The number of hydrogen-bond acceptors (Lipinski definition) is 5. The van der Waals surface area contributed by atoms with E-state index in [0.29, 0.717) is 9.96 Å². The molecule has 1 N–H and O–H groups in total. The summed E-state index contributed by atoms with van der Waals surface area (Å²) in [7, 11) is -1.85. The molecule has 0 aliphatic heterocycles. The van der Waals surface area contributed by atoms with Crippen molar-refractivity contribution in [1.29, 1.82) is 0 Å². The minimum atomic E-state index is -3.45. The molecular weight excluding hydrogens is 322 g/mol. The Hall–Kier alpha value is -1.57. The molecule has 0 aliphatic rings. The zero-order valence-corrected chi connectivity index (χ0v) is 14.2. The summed E-state index contributed by atoms with van der Waals surface area (Å²) in [5.74, 6) is 1.42. The van der Waals surface area contributed by atoms with E-state index < -0.39 is 10.0 Å². The van der Waals surface area contributed by atoms with Gasteiger partial charge in [-0.15, -0.1) is 11.3 Å². The molecule has 0 amide bonds. The largest absolute Gasteiger partial charge is 0.497 e. The first-order valence-corrected chi connectivity index (χ1v) is 9.20. The monoisotopic (exact) mass is 341 g/mol. The van der Waals surface area contributed by atoms with Crippen molar-refractivity contribution in [3.8, 4) is 11.5 Å². The van der Waals surface area contributed by atoms with Crippen LogP contribution in [-0.4, -0.2) is 28.7 Å². The maximum atomic E-state index is 12.1. The lowest BCUT2D eigenvalue weighted by atomic mass is 10.3. The van der Waals surface area contributed by atoms with Gasteiger partial charge in [0, 0.05) is 11.4 Å². The molecule has 0 fully saturated rings. The van der Waals surface area contributed by atoms with Crippen LogP contribution in [0.25, 0.3) is 0 Å². The SMILES string of the molecule is CCc1ccc(S(=O)(=O)NCCOc2ccc(OC)cc2)s1. The molecule has 1 heterocycles. The van der Waals surface area contributed by atoms with Crippen molar-refractivity contribution in [1.82, 2.24) is 4.72 Å². The van der Waals surface area contributed by atoms with Gasteiger partial charge in [-0.3, -0.25) is 0 Å². The molecule has 0 unspecified atom stereocenters. The van der Waals surface area contributed by atoms with Gasteiger partial charge in [0.05, 0.1) is 7.11 Å². The second-order valence-corrected chi connectivity index (χ2v) is 7.66. The molecule has 0 atom stereocenters. The number of benzene rings is 1. The van der Waals surface area contributed by atoms with Gasteiger partial charge in [-0.1, -0.05) is 6.92 Å². The molecule has 120 valence electrons. The minimum Gasteiger partial charge on any atom is -0.497 e. The highest BCUT2D eigenvalue weighted by molar-refractivity contribution is 7.91. The Morgan fingerprint density at radius 2 is 1.77 bits per heavy atom. The fourth-order valence-electron chi connectivity index (χ4n) is 1.78. The van der Waals surface area contributed by atoms with E-state index in [0.717, 1.165) is 17.0 Å². The van der Waals surface area contributed by atoms with Crippen molar-refractivity contribution in [2.45, 2.75) is 17.6 Å². The van der Waals surface area contributed by atoms with E-state index in [1.165, 1.54) is 11.3 Å². The fraction of sp³-hybridized carbons (Fsp3) is 0.333. The predicted octanol–water partition coefficient (Wildman–Crippen LogP) is 2.68. The maximum absolute atomic E-state index is 12.1. The smallest absolute Gasteiger partial charge is 0.250 e. The summed E-state index contributed by atoms with van der Waals surface area (Å²) in [6, 6.07) is 10.6.